The van der Waals surface area contributed by atoms with E-state index in [-0.39, 0.29) is 11.7 Å². The van der Waals surface area contributed by atoms with Crippen LogP contribution in [-0.4, -0.2) is 35.0 Å². The van der Waals surface area contributed by atoms with Crippen molar-refractivity contribution >= 4 is 17.2 Å². The molecule has 0 saturated carbocycles. The number of likely N-dealkylation sites (tertiary alicyclic amines) is 1. The van der Waals surface area contributed by atoms with Gasteiger partial charge in [0.2, 0.25) is 0 Å². The van der Waals surface area contributed by atoms with Gasteiger partial charge in [-0.2, -0.15) is 0 Å². The van der Waals surface area contributed by atoms with Crippen LogP contribution in [0.3, 0.4) is 0 Å². The van der Waals surface area contributed by atoms with Crippen LogP contribution < -0.4 is 4.74 Å². The van der Waals surface area contributed by atoms with Gasteiger partial charge in [0, 0.05) is 42.6 Å². The van der Waals surface area contributed by atoms with Crippen LogP contribution >= 0.6 is 11.3 Å². The lowest BCUT2D eigenvalue weighted by Gasteiger charge is -2.33. The monoisotopic (exact) mass is 332 g/mol. The summed E-state index contributed by atoms with van der Waals surface area (Å²) in [6, 6.07) is 4.43. The van der Waals surface area contributed by atoms with Crippen LogP contribution in [-0.2, 0) is 11.2 Å². The Hall–Kier alpha value is -1.95. The van der Waals surface area contributed by atoms with Crippen molar-refractivity contribution in [3.05, 3.63) is 46.2 Å². The molecule has 0 spiro atoms. The molecule has 1 aromatic carbocycles. The quantitative estimate of drug-likeness (QED) is 0.849. The van der Waals surface area contributed by atoms with Crippen LogP contribution in [0.2, 0.25) is 0 Å². The van der Waals surface area contributed by atoms with Crippen LogP contribution in [0.5, 0.6) is 5.75 Å². The SMILES string of the molecule is O=C([C@H]1Cc2cc(F)ccc2O1)N1CCC[C@@H](c2nccs2)C1. The van der Waals surface area contributed by atoms with Crippen molar-refractivity contribution in [2.75, 3.05) is 13.1 Å². The summed E-state index contributed by atoms with van der Waals surface area (Å²) in [6.45, 7) is 1.45. The highest BCUT2D eigenvalue weighted by Crippen LogP contribution is 2.32. The van der Waals surface area contributed by atoms with Crippen molar-refractivity contribution in [3.63, 3.8) is 0 Å². The molecule has 1 fully saturated rings. The first-order valence-corrected chi connectivity index (χ1v) is 8.72. The third-order valence-corrected chi connectivity index (χ3v) is 5.44. The maximum Gasteiger partial charge on any atom is 0.264 e. The van der Waals surface area contributed by atoms with E-state index in [9.17, 15) is 9.18 Å². The Balaban J connectivity index is 1.45. The molecule has 1 amide bonds. The first kappa shape index (κ1) is 14.6. The van der Waals surface area contributed by atoms with E-state index in [0.29, 0.717) is 24.6 Å². The van der Waals surface area contributed by atoms with Crippen LogP contribution in [0, 0.1) is 5.82 Å². The maximum absolute atomic E-state index is 13.3. The predicted molar refractivity (Wildman–Crippen MR) is 85.2 cm³/mol. The lowest BCUT2D eigenvalue weighted by molar-refractivity contribution is -0.139. The average molecular weight is 332 g/mol. The second kappa shape index (κ2) is 5.92. The summed E-state index contributed by atoms with van der Waals surface area (Å²) >= 11 is 1.64. The summed E-state index contributed by atoms with van der Waals surface area (Å²) in [5, 5.41) is 3.07. The molecule has 4 nitrogen and oxygen atoms in total. The van der Waals surface area contributed by atoms with Crippen LogP contribution in [0.1, 0.15) is 29.3 Å². The van der Waals surface area contributed by atoms with Gasteiger partial charge in [-0.1, -0.05) is 0 Å². The normalized spacial score (nSPS) is 23.4. The van der Waals surface area contributed by atoms with Gasteiger partial charge in [-0.25, -0.2) is 9.37 Å². The van der Waals surface area contributed by atoms with Gasteiger partial charge in [-0.05, 0) is 31.0 Å². The Morgan fingerprint density at radius 1 is 1.43 bits per heavy atom. The van der Waals surface area contributed by atoms with Crippen molar-refractivity contribution in [3.8, 4) is 5.75 Å². The van der Waals surface area contributed by atoms with Crippen molar-refractivity contribution in [1.82, 2.24) is 9.88 Å². The minimum Gasteiger partial charge on any atom is -0.480 e. The van der Waals surface area contributed by atoms with E-state index in [0.717, 1.165) is 30.0 Å². The molecule has 120 valence electrons. The van der Waals surface area contributed by atoms with Gasteiger partial charge >= 0.3 is 0 Å². The van der Waals surface area contributed by atoms with E-state index in [1.807, 2.05) is 16.5 Å². The van der Waals surface area contributed by atoms with E-state index in [1.54, 1.807) is 17.4 Å². The summed E-state index contributed by atoms with van der Waals surface area (Å²) in [7, 11) is 0. The molecule has 1 saturated heterocycles. The van der Waals surface area contributed by atoms with Gasteiger partial charge in [0.05, 0.1) is 5.01 Å². The molecule has 3 heterocycles. The average Bonchev–Trinajstić information content (AvgIpc) is 3.23. The Morgan fingerprint density at radius 3 is 3.17 bits per heavy atom. The van der Waals surface area contributed by atoms with E-state index in [1.165, 1.54) is 12.1 Å². The number of amides is 1. The van der Waals surface area contributed by atoms with Gasteiger partial charge in [0.25, 0.3) is 5.91 Å². The first-order valence-electron chi connectivity index (χ1n) is 7.84. The number of piperidine rings is 1. The van der Waals surface area contributed by atoms with E-state index in [2.05, 4.69) is 4.98 Å². The molecule has 2 aliphatic heterocycles. The number of hydrogen-bond donors (Lipinski definition) is 0. The van der Waals surface area contributed by atoms with E-state index >= 15 is 0 Å². The van der Waals surface area contributed by atoms with Crippen molar-refractivity contribution in [1.29, 1.82) is 0 Å². The number of rotatable bonds is 2. The Kier molecular flexibility index (Phi) is 3.77. The lowest BCUT2D eigenvalue weighted by atomic mass is 9.98. The largest absolute Gasteiger partial charge is 0.480 e. The molecule has 2 atom stereocenters. The van der Waals surface area contributed by atoms with Crippen molar-refractivity contribution < 1.29 is 13.9 Å². The van der Waals surface area contributed by atoms with Crippen LogP contribution in [0.15, 0.2) is 29.8 Å². The summed E-state index contributed by atoms with van der Waals surface area (Å²) in [4.78, 5) is 19.0. The lowest BCUT2D eigenvalue weighted by Crippen LogP contribution is -2.45. The zero-order valence-electron chi connectivity index (χ0n) is 12.6. The second-order valence-corrected chi connectivity index (χ2v) is 6.98. The number of halogens is 1. The summed E-state index contributed by atoms with van der Waals surface area (Å²) in [5.41, 5.74) is 0.775. The number of ether oxygens (including phenoxy) is 1. The molecule has 0 unspecified atom stereocenters. The molecular weight excluding hydrogens is 315 g/mol. The van der Waals surface area contributed by atoms with Gasteiger partial charge in [0.1, 0.15) is 11.6 Å². The molecule has 2 aliphatic rings. The minimum absolute atomic E-state index is 0.00265. The number of hydrogen-bond acceptors (Lipinski definition) is 4. The van der Waals surface area contributed by atoms with Crippen LogP contribution in [0.4, 0.5) is 4.39 Å². The highest BCUT2D eigenvalue weighted by Gasteiger charge is 2.35. The van der Waals surface area contributed by atoms with Crippen molar-refractivity contribution in [2.24, 2.45) is 0 Å². The number of nitrogens with zero attached hydrogens (tertiary/aromatic N) is 2. The summed E-state index contributed by atoms with van der Waals surface area (Å²) in [6.07, 6.45) is 3.77. The van der Waals surface area contributed by atoms with Gasteiger partial charge in [-0.15, -0.1) is 11.3 Å². The van der Waals surface area contributed by atoms with Crippen LogP contribution in [0.25, 0.3) is 0 Å². The summed E-state index contributed by atoms with van der Waals surface area (Å²) in [5.74, 6) is 0.650. The smallest absolute Gasteiger partial charge is 0.264 e. The molecule has 6 heteroatoms. The molecule has 4 rings (SSSR count). The van der Waals surface area contributed by atoms with E-state index in [4.69, 9.17) is 4.74 Å². The number of fused-ring (bicyclic) bond motifs is 1. The van der Waals surface area contributed by atoms with Gasteiger partial charge in [0.15, 0.2) is 6.10 Å². The molecule has 2 aromatic rings. The molecule has 0 N–H and O–H groups in total. The third kappa shape index (κ3) is 2.83. The fourth-order valence-electron chi connectivity index (χ4n) is 3.37. The number of benzene rings is 1. The number of carbonyl (C=O) groups is 1. The fourth-order valence-corrected chi connectivity index (χ4v) is 4.14. The molecular formula is C17H17FN2O2S. The van der Waals surface area contributed by atoms with Crippen molar-refractivity contribution in [2.45, 2.75) is 31.3 Å². The first-order chi connectivity index (χ1) is 11.2. The Bertz CT molecular complexity index is 719. The molecule has 0 bridgehead atoms. The molecule has 23 heavy (non-hydrogen) atoms. The minimum atomic E-state index is -0.526. The summed E-state index contributed by atoms with van der Waals surface area (Å²) < 4.78 is 19.0. The zero-order valence-corrected chi connectivity index (χ0v) is 13.4. The number of carbonyl (C=O) groups excluding carboxylic acids is 1. The number of aromatic nitrogens is 1. The number of thiazole rings is 1. The zero-order chi connectivity index (χ0) is 15.8. The highest BCUT2D eigenvalue weighted by atomic mass is 32.1. The second-order valence-electron chi connectivity index (χ2n) is 6.06. The standard InChI is InChI=1S/C17H17FN2O2S/c18-13-3-4-14-12(8-13)9-15(22-14)17(21)20-6-1-2-11(10-20)16-19-5-7-23-16/h3-5,7-8,11,15H,1-2,6,9-10H2/t11-,15-/m1/s1. The Labute approximate surface area is 137 Å². The molecule has 1 aromatic heterocycles. The topological polar surface area (TPSA) is 42.4 Å². The predicted octanol–water partition coefficient (Wildman–Crippen LogP) is 2.99. The Morgan fingerprint density at radius 2 is 2.35 bits per heavy atom. The molecule has 0 aliphatic carbocycles. The van der Waals surface area contributed by atoms with Gasteiger partial charge < -0.3 is 9.64 Å². The fraction of sp³-hybridized carbons (Fsp3) is 0.412. The third-order valence-electron chi connectivity index (χ3n) is 4.51. The highest BCUT2D eigenvalue weighted by molar-refractivity contribution is 7.09. The van der Waals surface area contributed by atoms with E-state index < -0.39 is 6.10 Å². The molecule has 0 radical (unpaired) electrons. The maximum atomic E-state index is 13.3. The van der Waals surface area contributed by atoms with Gasteiger partial charge in [-0.3, -0.25) is 4.79 Å².